The molecule has 2 heterocycles. The van der Waals surface area contributed by atoms with Crippen LogP contribution in [0, 0.1) is 5.82 Å². The van der Waals surface area contributed by atoms with E-state index in [0.29, 0.717) is 37.2 Å². The summed E-state index contributed by atoms with van der Waals surface area (Å²) in [5.74, 6) is -0.244. The van der Waals surface area contributed by atoms with Gasteiger partial charge in [-0.3, -0.25) is 9.48 Å². The number of piperidine rings is 1. The Morgan fingerprint density at radius 2 is 2.26 bits per heavy atom. The third-order valence-electron chi connectivity index (χ3n) is 4.82. The number of carbonyl (C=O) groups excluding carboxylic acids is 1. The van der Waals surface area contributed by atoms with Crippen LogP contribution in [-0.4, -0.2) is 51.5 Å². The lowest BCUT2D eigenvalue weighted by molar-refractivity contribution is -0.157. The first-order chi connectivity index (χ1) is 12.9. The molecule has 0 saturated carbocycles. The lowest BCUT2D eigenvalue weighted by atomic mass is 9.91. The molecule has 2 N–H and O–H groups in total. The van der Waals surface area contributed by atoms with Gasteiger partial charge in [-0.2, -0.15) is 5.10 Å². The lowest BCUT2D eigenvalue weighted by Gasteiger charge is -2.38. The summed E-state index contributed by atoms with van der Waals surface area (Å²) < 4.78 is 20.9. The number of amides is 1. The predicted molar refractivity (Wildman–Crippen MR) is 97.5 cm³/mol. The smallest absolute Gasteiger partial charge is 0.256 e. The first-order valence-electron chi connectivity index (χ1n) is 8.94. The van der Waals surface area contributed by atoms with Gasteiger partial charge in [0.15, 0.2) is 5.60 Å². The number of ether oxygens (including phenoxy) is 1. The van der Waals surface area contributed by atoms with Crippen LogP contribution in [0.15, 0.2) is 30.6 Å². The van der Waals surface area contributed by atoms with Crippen molar-refractivity contribution in [3.8, 4) is 5.75 Å². The molecule has 0 spiro atoms. The molecule has 0 unspecified atom stereocenters. The Balaban J connectivity index is 1.63. The van der Waals surface area contributed by atoms with Crippen molar-refractivity contribution in [3.05, 3.63) is 47.5 Å². The second-order valence-corrected chi connectivity index (χ2v) is 6.94. The first-order valence-corrected chi connectivity index (χ1v) is 8.94. The van der Waals surface area contributed by atoms with E-state index in [1.54, 1.807) is 16.9 Å². The highest BCUT2D eigenvalue weighted by atomic mass is 19.1. The maximum Gasteiger partial charge on any atom is 0.256 e. The maximum absolute atomic E-state index is 14.1. The van der Waals surface area contributed by atoms with Crippen molar-refractivity contribution in [1.82, 2.24) is 20.0 Å². The third-order valence-corrected chi connectivity index (χ3v) is 4.82. The van der Waals surface area contributed by atoms with Crippen molar-refractivity contribution in [2.45, 2.75) is 31.5 Å². The number of hydrogen-bond acceptors (Lipinski definition) is 5. The minimum Gasteiger partial charge on any atom is -0.497 e. The summed E-state index contributed by atoms with van der Waals surface area (Å²) in [6.45, 7) is 1.24. The molecule has 1 aromatic carbocycles. The summed E-state index contributed by atoms with van der Waals surface area (Å²) in [6, 6.07) is 4.44. The van der Waals surface area contributed by atoms with Crippen molar-refractivity contribution < 1.29 is 19.0 Å². The Labute approximate surface area is 157 Å². The molecule has 7 nitrogen and oxygen atoms in total. The number of carbonyl (C=O) groups is 1. The monoisotopic (exact) mass is 376 g/mol. The fourth-order valence-electron chi connectivity index (χ4n) is 3.36. The van der Waals surface area contributed by atoms with Gasteiger partial charge in [-0.15, -0.1) is 0 Å². The quantitative estimate of drug-likeness (QED) is 0.759. The Kier molecular flexibility index (Phi) is 5.76. The molecule has 0 bridgehead atoms. The third kappa shape index (κ3) is 4.45. The van der Waals surface area contributed by atoms with Crippen molar-refractivity contribution >= 4 is 5.91 Å². The zero-order valence-corrected chi connectivity index (χ0v) is 15.6. The number of aliphatic hydroxyl groups is 1. The highest BCUT2D eigenvalue weighted by Crippen LogP contribution is 2.25. The van der Waals surface area contributed by atoms with Gasteiger partial charge in [0, 0.05) is 50.6 Å². The molecule has 27 heavy (non-hydrogen) atoms. The van der Waals surface area contributed by atoms with E-state index < -0.39 is 11.4 Å². The molecular weight excluding hydrogens is 351 g/mol. The lowest BCUT2D eigenvalue weighted by Crippen LogP contribution is -2.57. The van der Waals surface area contributed by atoms with Gasteiger partial charge in [-0.05, 0) is 31.0 Å². The standard InChI is InChI=1S/C19H25FN4O3/c1-23-11-14(10-22-23)9-21-13-19(26)6-3-7-24(18(19)25)12-15-8-16(27-2)4-5-17(15)20/h4-5,8,10-11,21,26H,3,6-7,9,12-13H2,1-2H3/t19-/m1/s1. The predicted octanol–water partition coefficient (Wildman–Crippen LogP) is 1.21. The van der Waals surface area contributed by atoms with Crippen LogP contribution < -0.4 is 10.1 Å². The number of halogens is 1. The van der Waals surface area contributed by atoms with E-state index >= 15 is 0 Å². The maximum atomic E-state index is 14.1. The highest BCUT2D eigenvalue weighted by Gasteiger charge is 2.41. The molecule has 0 radical (unpaired) electrons. The fourth-order valence-corrected chi connectivity index (χ4v) is 3.36. The minimum atomic E-state index is -1.49. The number of nitrogens with one attached hydrogen (secondary N) is 1. The number of hydrogen-bond donors (Lipinski definition) is 2. The van der Waals surface area contributed by atoms with Crippen molar-refractivity contribution in [2.24, 2.45) is 7.05 Å². The summed E-state index contributed by atoms with van der Waals surface area (Å²) in [6.07, 6.45) is 4.64. The molecule has 0 aliphatic carbocycles. The van der Waals surface area contributed by atoms with Gasteiger partial charge in [0.05, 0.1) is 13.3 Å². The number of nitrogens with zero attached hydrogens (tertiary/aromatic N) is 3. The Morgan fingerprint density at radius 1 is 1.44 bits per heavy atom. The van der Waals surface area contributed by atoms with Crippen LogP contribution in [0.1, 0.15) is 24.0 Å². The van der Waals surface area contributed by atoms with Crippen LogP contribution in [-0.2, 0) is 24.9 Å². The van der Waals surface area contributed by atoms with Gasteiger partial charge in [-0.25, -0.2) is 4.39 Å². The second kappa shape index (κ2) is 8.06. The summed E-state index contributed by atoms with van der Waals surface area (Å²) in [7, 11) is 3.34. The van der Waals surface area contributed by atoms with Crippen molar-refractivity contribution in [2.75, 3.05) is 20.2 Å². The Hall–Kier alpha value is -2.45. The van der Waals surface area contributed by atoms with Crippen molar-refractivity contribution in [3.63, 3.8) is 0 Å². The van der Waals surface area contributed by atoms with Crippen LogP contribution in [0.2, 0.25) is 0 Å². The van der Waals surface area contributed by atoms with E-state index in [1.165, 1.54) is 24.1 Å². The van der Waals surface area contributed by atoms with Gasteiger partial charge in [0.25, 0.3) is 5.91 Å². The summed E-state index contributed by atoms with van der Waals surface area (Å²) in [4.78, 5) is 14.3. The van der Waals surface area contributed by atoms with E-state index in [-0.39, 0.29) is 19.0 Å². The number of benzene rings is 1. The summed E-state index contributed by atoms with van der Waals surface area (Å²) in [5, 5.41) is 18.1. The van der Waals surface area contributed by atoms with Gasteiger partial charge in [-0.1, -0.05) is 0 Å². The topological polar surface area (TPSA) is 79.6 Å². The molecule has 1 aliphatic rings. The molecule has 1 atom stereocenters. The number of methoxy groups -OCH3 is 1. The van der Waals surface area contributed by atoms with Crippen LogP contribution in [0.5, 0.6) is 5.75 Å². The number of likely N-dealkylation sites (tertiary alicyclic amines) is 1. The zero-order chi connectivity index (χ0) is 19.4. The zero-order valence-electron chi connectivity index (χ0n) is 15.6. The van der Waals surface area contributed by atoms with E-state index in [0.717, 1.165) is 5.56 Å². The van der Waals surface area contributed by atoms with E-state index in [9.17, 15) is 14.3 Å². The Bertz CT molecular complexity index is 810. The second-order valence-electron chi connectivity index (χ2n) is 6.94. The summed E-state index contributed by atoms with van der Waals surface area (Å²) in [5.41, 5.74) is -0.148. The largest absolute Gasteiger partial charge is 0.497 e. The normalized spacial score (nSPS) is 20.1. The molecule has 1 fully saturated rings. The van der Waals surface area contributed by atoms with Crippen LogP contribution in [0.3, 0.4) is 0 Å². The van der Waals surface area contributed by atoms with Gasteiger partial charge in [0.1, 0.15) is 11.6 Å². The molecule has 1 aliphatic heterocycles. The molecule has 2 aromatic rings. The van der Waals surface area contributed by atoms with E-state index in [1.807, 2.05) is 13.2 Å². The number of rotatable bonds is 7. The highest BCUT2D eigenvalue weighted by molar-refractivity contribution is 5.86. The average Bonchev–Trinajstić information content (AvgIpc) is 3.06. The van der Waals surface area contributed by atoms with Crippen molar-refractivity contribution in [1.29, 1.82) is 0 Å². The molecule has 3 rings (SSSR count). The molecule has 1 amide bonds. The first kappa shape index (κ1) is 19.3. The van der Waals surface area contributed by atoms with Crippen LogP contribution in [0.4, 0.5) is 4.39 Å². The molecule has 146 valence electrons. The van der Waals surface area contributed by atoms with Gasteiger partial charge < -0.3 is 20.1 Å². The molecule has 1 saturated heterocycles. The molecule has 1 aromatic heterocycles. The molecular formula is C19H25FN4O3. The minimum absolute atomic E-state index is 0.104. The number of aryl methyl sites for hydroxylation is 1. The molecule has 8 heteroatoms. The van der Waals surface area contributed by atoms with Gasteiger partial charge in [0.2, 0.25) is 0 Å². The number of aromatic nitrogens is 2. The van der Waals surface area contributed by atoms with Crippen LogP contribution >= 0.6 is 0 Å². The average molecular weight is 376 g/mol. The van der Waals surface area contributed by atoms with Crippen LogP contribution in [0.25, 0.3) is 0 Å². The van der Waals surface area contributed by atoms with Gasteiger partial charge >= 0.3 is 0 Å². The van der Waals surface area contributed by atoms with E-state index in [2.05, 4.69) is 10.4 Å². The van der Waals surface area contributed by atoms with E-state index in [4.69, 9.17) is 4.74 Å². The fraction of sp³-hybridized carbons (Fsp3) is 0.474. The Morgan fingerprint density at radius 3 is 2.96 bits per heavy atom. The SMILES string of the molecule is COc1ccc(F)c(CN2CCC[C@@](O)(CNCc3cnn(C)c3)C2=O)c1. The summed E-state index contributed by atoms with van der Waals surface area (Å²) >= 11 is 0.